The molecule has 0 bridgehead atoms. The summed E-state index contributed by atoms with van der Waals surface area (Å²) >= 11 is 6.08. The van der Waals surface area contributed by atoms with Gasteiger partial charge in [0.25, 0.3) is 5.91 Å². The fraction of sp³-hybridized carbons (Fsp3) is 0.360. The quantitative estimate of drug-likeness (QED) is 0.540. The number of nitrogens with zero attached hydrogens (tertiary/aromatic N) is 4. The first-order valence-corrected chi connectivity index (χ1v) is 13.7. The van der Waals surface area contributed by atoms with Crippen molar-refractivity contribution in [3.8, 4) is 11.3 Å². The van der Waals surface area contributed by atoms with E-state index in [2.05, 4.69) is 4.90 Å². The van der Waals surface area contributed by atoms with Crippen LogP contribution in [0.1, 0.15) is 22.3 Å². The monoisotopic (exact) mass is 498 g/mol. The van der Waals surface area contributed by atoms with E-state index in [1.54, 1.807) is 12.1 Å². The molecule has 0 spiro atoms. The predicted octanol–water partition coefficient (Wildman–Crippen LogP) is 3.20. The summed E-state index contributed by atoms with van der Waals surface area (Å²) < 4.78 is 25.5. The van der Waals surface area contributed by atoms with E-state index in [9.17, 15) is 13.2 Å². The Morgan fingerprint density at radius 1 is 1.00 bits per heavy atom. The molecule has 5 rings (SSSR count). The van der Waals surface area contributed by atoms with Crippen LogP contribution >= 0.6 is 11.6 Å². The van der Waals surface area contributed by atoms with E-state index in [0.717, 1.165) is 11.1 Å². The number of carbonyl (C=O) groups is 1. The lowest BCUT2D eigenvalue weighted by Crippen LogP contribution is -2.52. The molecule has 178 valence electrons. The third-order valence-electron chi connectivity index (χ3n) is 6.62. The van der Waals surface area contributed by atoms with Crippen LogP contribution in [0.3, 0.4) is 0 Å². The predicted molar refractivity (Wildman–Crippen MR) is 133 cm³/mol. The molecule has 2 aromatic carbocycles. The topological polar surface area (TPSA) is 75.5 Å². The number of benzene rings is 2. The van der Waals surface area contributed by atoms with Gasteiger partial charge < -0.3 is 4.90 Å². The first kappa shape index (κ1) is 23.1. The Morgan fingerprint density at radius 2 is 1.71 bits per heavy atom. The second-order valence-corrected chi connectivity index (χ2v) is 11.6. The summed E-state index contributed by atoms with van der Waals surface area (Å²) in [6.45, 7) is 3.07. The molecule has 0 saturated carbocycles. The van der Waals surface area contributed by atoms with E-state index in [-0.39, 0.29) is 23.5 Å². The Morgan fingerprint density at radius 3 is 2.35 bits per heavy atom. The zero-order chi connectivity index (χ0) is 23.7. The lowest BCUT2D eigenvalue weighted by Gasteiger charge is -2.37. The molecule has 2 aliphatic rings. The first-order chi connectivity index (χ1) is 16.4. The van der Waals surface area contributed by atoms with Gasteiger partial charge in [0.05, 0.1) is 23.6 Å². The van der Waals surface area contributed by atoms with E-state index in [0.29, 0.717) is 55.4 Å². The van der Waals surface area contributed by atoms with Gasteiger partial charge in [-0.25, -0.2) is 8.42 Å². The Hall–Kier alpha value is -2.68. The van der Waals surface area contributed by atoms with Crippen molar-refractivity contribution in [3.05, 3.63) is 76.9 Å². The Balaban J connectivity index is 1.36. The molecule has 7 nitrogen and oxygen atoms in total. The van der Waals surface area contributed by atoms with Gasteiger partial charge in [0.15, 0.2) is 9.84 Å². The third kappa shape index (κ3) is 5.04. The SMILES string of the molecule is O=C(c1cn(Cc2ccccc2)nc1-c1ccc(Cl)cc1)N1CCN([C@@H]2CCS(=O)(=O)C2)CC1. The molecule has 1 atom stereocenters. The van der Waals surface area contributed by atoms with Crippen LogP contribution < -0.4 is 0 Å². The first-order valence-electron chi connectivity index (χ1n) is 11.5. The van der Waals surface area contributed by atoms with Crippen molar-refractivity contribution in [1.29, 1.82) is 0 Å². The smallest absolute Gasteiger partial charge is 0.257 e. The number of carbonyl (C=O) groups excluding carboxylic acids is 1. The van der Waals surface area contributed by atoms with Gasteiger partial charge in [0, 0.05) is 49.0 Å². The molecule has 0 N–H and O–H groups in total. The summed E-state index contributed by atoms with van der Waals surface area (Å²) in [5.41, 5.74) is 3.15. The molecule has 0 unspecified atom stereocenters. The standard InChI is InChI=1S/C25H27ClN4O3S/c26-21-8-6-20(7-9-21)24-23(17-30(27-24)16-19-4-2-1-3-5-19)25(31)29-13-11-28(12-14-29)22-10-15-34(32,33)18-22/h1-9,17,22H,10-16,18H2/t22-/m1/s1. The number of hydrogen-bond acceptors (Lipinski definition) is 5. The van der Waals surface area contributed by atoms with Gasteiger partial charge in [-0.05, 0) is 24.1 Å². The molecule has 3 heterocycles. The molecule has 0 radical (unpaired) electrons. The minimum absolute atomic E-state index is 0.0528. The molecule has 0 aliphatic carbocycles. The van der Waals surface area contributed by atoms with E-state index < -0.39 is 9.84 Å². The molecule has 2 fully saturated rings. The highest BCUT2D eigenvalue weighted by molar-refractivity contribution is 7.91. The highest BCUT2D eigenvalue weighted by atomic mass is 35.5. The molecular weight excluding hydrogens is 472 g/mol. The van der Waals surface area contributed by atoms with Crippen molar-refractivity contribution in [2.45, 2.75) is 19.0 Å². The van der Waals surface area contributed by atoms with E-state index in [1.165, 1.54) is 0 Å². The lowest BCUT2D eigenvalue weighted by molar-refractivity contribution is 0.0588. The highest BCUT2D eigenvalue weighted by Crippen LogP contribution is 2.26. The molecule has 34 heavy (non-hydrogen) atoms. The Kier molecular flexibility index (Phi) is 6.46. The normalized spacial score (nSPS) is 20.5. The molecular formula is C25H27ClN4O3S. The Labute approximate surface area is 204 Å². The van der Waals surface area contributed by atoms with Crippen LogP contribution in [0.2, 0.25) is 5.02 Å². The highest BCUT2D eigenvalue weighted by Gasteiger charge is 2.35. The number of hydrogen-bond donors (Lipinski definition) is 0. The largest absolute Gasteiger partial charge is 0.336 e. The van der Waals surface area contributed by atoms with E-state index in [1.807, 2.05) is 58.2 Å². The fourth-order valence-corrected chi connectivity index (χ4v) is 6.66. The molecule has 1 amide bonds. The minimum atomic E-state index is -2.92. The second kappa shape index (κ2) is 9.52. The van der Waals surface area contributed by atoms with Crippen LogP contribution in [0.5, 0.6) is 0 Å². The molecule has 9 heteroatoms. The molecule has 1 aromatic heterocycles. The number of halogens is 1. The van der Waals surface area contributed by atoms with Gasteiger partial charge in [0.1, 0.15) is 5.69 Å². The van der Waals surface area contributed by atoms with Crippen LogP contribution in [0.15, 0.2) is 60.8 Å². The summed E-state index contributed by atoms with van der Waals surface area (Å²) in [5.74, 6) is 0.443. The fourth-order valence-electron chi connectivity index (χ4n) is 4.77. The van der Waals surface area contributed by atoms with E-state index in [4.69, 9.17) is 16.7 Å². The second-order valence-electron chi connectivity index (χ2n) is 8.97. The number of amides is 1. The summed E-state index contributed by atoms with van der Waals surface area (Å²) in [4.78, 5) is 17.7. The van der Waals surface area contributed by atoms with E-state index >= 15 is 0 Å². The summed E-state index contributed by atoms with van der Waals surface area (Å²) in [5, 5.41) is 5.39. The van der Waals surface area contributed by atoms with Gasteiger partial charge in [0.2, 0.25) is 0 Å². The van der Waals surface area contributed by atoms with Crippen LogP contribution in [-0.4, -0.2) is 77.6 Å². The zero-order valence-electron chi connectivity index (χ0n) is 18.8. The van der Waals surface area contributed by atoms with Gasteiger partial charge in [-0.15, -0.1) is 0 Å². The summed E-state index contributed by atoms with van der Waals surface area (Å²) in [6, 6.07) is 17.5. The van der Waals surface area contributed by atoms with Crippen LogP contribution in [0.25, 0.3) is 11.3 Å². The maximum Gasteiger partial charge on any atom is 0.257 e. The lowest BCUT2D eigenvalue weighted by atomic mass is 10.1. The van der Waals surface area contributed by atoms with Crippen molar-refractivity contribution in [2.75, 3.05) is 37.7 Å². The number of piperazine rings is 1. The maximum absolute atomic E-state index is 13.6. The van der Waals surface area contributed by atoms with Crippen LogP contribution in [-0.2, 0) is 16.4 Å². The van der Waals surface area contributed by atoms with Gasteiger partial charge >= 0.3 is 0 Å². The number of aromatic nitrogens is 2. The molecule has 2 aliphatic heterocycles. The summed E-state index contributed by atoms with van der Waals surface area (Å²) in [6.07, 6.45) is 2.51. The maximum atomic E-state index is 13.6. The number of sulfone groups is 1. The zero-order valence-corrected chi connectivity index (χ0v) is 20.4. The van der Waals surface area contributed by atoms with Gasteiger partial charge in [-0.3, -0.25) is 14.4 Å². The minimum Gasteiger partial charge on any atom is -0.336 e. The van der Waals surface area contributed by atoms with Crippen LogP contribution in [0.4, 0.5) is 0 Å². The van der Waals surface area contributed by atoms with Crippen molar-refractivity contribution in [3.63, 3.8) is 0 Å². The molecule has 2 saturated heterocycles. The van der Waals surface area contributed by atoms with Crippen LogP contribution in [0, 0.1) is 0 Å². The van der Waals surface area contributed by atoms with Crippen molar-refractivity contribution < 1.29 is 13.2 Å². The van der Waals surface area contributed by atoms with Crippen molar-refractivity contribution >= 4 is 27.3 Å². The molecule has 3 aromatic rings. The average Bonchev–Trinajstić information content (AvgIpc) is 3.43. The Bertz CT molecular complexity index is 1270. The van der Waals surface area contributed by atoms with Crippen molar-refractivity contribution in [2.24, 2.45) is 0 Å². The third-order valence-corrected chi connectivity index (χ3v) is 8.63. The summed E-state index contributed by atoms with van der Waals surface area (Å²) in [7, 11) is -2.92. The van der Waals surface area contributed by atoms with Crippen molar-refractivity contribution in [1.82, 2.24) is 19.6 Å². The van der Waals surface area contributed by atoms with Gasteiger partial charge in [-0.1, -0.05) is 54.1 Å². The number of rotatable bonds is 5. The van der Waals surface area contributed by atoms with Gasteiger partial charge in [-0.2, -0.15) is 5.10 Å². The average molecular weight is 499 g/mol.